The first kappa shape index (κ1) is 12.2. The number of anilines is 1. The lowest BCUT2D eigenvalue weighted by atomic mass is 9.93. The maximum atomic E-state index is 4.53. The van der Waals surface area contributed by atoms with Crippen LogP contribution in [0.1, 0.15) is 51.0 Å². The van der Waals surface area contributed by atoms with Crippen molar-refractivity contribution in [2.45, 2.75) is 45.4 Å². The lowest BCUT2D eigenvalue weighted by molar-refractivity contribution is 0.384. The fourth-order valence-electron chi connectivity index (χ4n) is 3.54. The minimum absolute atomic E-state index is 0.531. The topological polar surface area (TPSA) is 20.5 Å². The van der Waals surface area contributed by atoms with E-state index < -0.39 is 0 Å². The van der Waals surface area contributed by atoms with Crippen LogP contribution in [0.25, 0.3) is 5.52 Å². The molecule has 0 N–H and O–H groups in total. The van der Waals surface area contributed by atoms with Crippen LogP contribution in [0, 0.1) is 5.41 Å². The van der Waals surface area contributed by atoms with Gasteiger partial charge in [0.25, 0.3) is 0 Å². The lowest BCUT2D eigenvalue weighted by Gasteiger charge is -2.33. The van der Waals surface area contributed by atoms with E-state index >= 15 is 0 Å². The van der Waals surface area contributed by atoms with Crippen molar-refractivity contribution in [1.29, 1.82) is 0 Å². The highest BCUT2D eigenvalue weighted by molar-refractivity contribution is 5.60. The zero-order chi connectivity index (χ0) is 13.7. The van der Waals surface area contributed by atoms with Crippen LogP contribution in [0.3, 0.4) is 0 Å². The first-order valence-electron chi connectivity index (χ1n) is 7.89. The summed E-state index contributed by atoms with van der Waals surface area (Å²) in [6.07, 6.45) is 9.90. The van der Waals surface area contributed by atoms with Crippen LogP contribution in [0.15, 0.2) is 24.5 Å². The standard InChI is InChI=1S/C17H23N3/c1-13(2)15-11-18-20-12-14(3-4-16(15)20)19-9-7-17(5-6-17)8-10-19/h3-4,11-13H,5-10H2,1-2H3. The molecule has 0 bridgehead atoms. The van der Waals surface area contributed by atoms with Crippen LogP contribution in [-0.4, -0.2) is 22.7 Å². The average molecular weight is 269 g/mol. The predicted molar refractivity (Wildman–Crippen MR) is 82.4 cm³/mol. The second-order valence-corrected chi connectivity index (χ2v) is 6.96. The van der Waals surface area contributed by atoms with Gasteiger partial charge in [-0.1, -0.05) is 13.8 Å². The number of hydrogen-bond donors (Lipinski definition) is 0. The van der Waals surface area contributed by atoms with Gasteiger partial charge in [-0.2, -0.15) is 5.10 Å². The second kappa shape index (κ2) is 4.24. The Labute approximate surface area is 120 Å². The molecular formula is C17H23N3. The van der Waals surface area contributed by atoms with Gasteiger partial charge in [0, 0.05) is 18.7 Å². The number of hydrogen-bond acceptors (Lipinski definition) is 2. The van der Waals surface area contributed by atoms with E-state index in [1.807, 2.05) is 10.7 Å². The highest BCUT2D eigenvalue weighted by Gasteiger charge is 2.44. The lowest BCUT2D eigenvalue weighted by Crippen LogP contribution is -2.34. The molecule has 3 heteroatoms. The molecule has 2 fully saturated rings. The molecule has 1 spiro atoms. The first-order chi connectivity index (χ1) is 9.67. The summed E-state index contributed by atoms with van der Waals surface area (Å²) in [7, 11) is 0. The van der Waals surface area contributed by atoms with E-state index in [0.29, 0.717) is 5.92 Å². The molecule has 2 aromatic rings. The summed E-state index contributed by atoms with van der Waals surface area (Å²) >= 11 is 0. The quantitative estimate of drug-likeness (QED) is 0.825. The smallest absolute Gasteiger partial charge is 0.0697 e. The Balaban J connectivity index is 1.61. The number of aromatic nitrogens is 2. The zero-order valence-electron chi connectivity index (χ0n) is 12.5. The molecule has 0 unspecified atom stereocenters. The van der Waals surface area contributed by atoms with Crippen LogP contribution >= 0.6 is 0 Å². The summed E-state index contributed by atoms with van der Waals surface area (Å²) in [4.78, 5) is 2.53. The SMILES string of the molecule is CC(C)c1cnn2cc(N3CCC4(CC3)CC4)ccc12. The summed E-state index contributed by atoms with van der Waals surface area (Å²) in [6, 6.07) is 4.51. The Morgan fingerprint density at radius 1 is 1.10 bits per heavy atom. The van der Waals surface area contributed by atoms with Crippen molar-refractivity contribution in [2.75, 3.05) is 18.0 Å². The third-order valence-corrected chi connectivity index (χ3v) is 5.30. The van der Waals surface area contributed by atoms with Gasteiger partial charge in [0.1, 0.15) is 0 Å². The molecule has 4 rings (SSSR count). The molecular weight excluding hydrogens is 246 g/mol. The fourth-order valence-corrected chi connectivity index (χ4v) is 3.54. The largest absolute Gasteiger partial charge is 0.370 e. The minimum Gasteiger partial charge on any atom is -0.370 e. The van der Waals surface area contributed by atoms with Gasteiger partial charge < -0.3 is 4.90 Å². The maximum Gasteiger partial charge on any atom is 0.0697 e. The van der Waals surface area contributed by atoms with Crippen molar-refractivity contribution in [1.82, 2.24) is 9.61 Å². The number of rotatable bonds is 2. The number of piperidine rings is 1. The van der Waals surface area contributed by atoms with Crippen LogP contribution < -0.4 is 4.90 Å². The van der Waals surface area contributed by atoms with E-state index in [4.69, 9.17) is 0 Å². The van der Waals surface area contributed by atoms with Crippen molar-refractivity contribution in [3.8, 4) is 0 Å². The number of pyridine rings is 1. The van der Waals surface area contributed by atoms with Gasteiger partial charge in [0.05, 0.1) is 23.6 Å². The molecule has 1 aliphatic heterocycles. The van der Waals surface area contributed by atoms with E-state index in [1.165, 1.54) is 55.5 Å². The molecule has 20 heavy (non-hydrogen) atoms. The van der Waals surface area contributed by atoms with Crippen LogP contribution in [0.4, 0.5) is 5.69 Å². The molecule has 0 radical (unpaired) electrons. The van der Waals surface area contributed by atoms with Crippen molar-refractivity contribution in [2.24, 2.45) is 5.41 Å². The monoisotopic (exact) mass is 269 g/mol. The van der Waals surface area contributed by atoms with Crippen molar-refractivity contribution < 1.29 is 0 Å². The molecule has 106 valence electrons. The van der Waals surface area contributed by atoms with Gasteiger partial charge in [-0.3, -0.25) is 0 Å². The van der Waals surface area contributed by atoms with E-state index in [-0.39, 0.29) is 0 Å². The molecule has 0 atom stereocenters. The first-order valence-corrected chi connectivity index (χ1v) is 7.89. The zero-order valence-corrected chi connectivity index (χ0v) is 12.5. The van der Waals surface area contributed by atoms with Crippen LogP contribution in [0.2, 0.25) is 0 Å². The molecule has 0 amide bonds. The highest BCUT2D eigenvalue weighted by Crippen LogP contribution is 2.53. The second-order valence-electron chi connectivity index (χ2n) is 6.96. The average Bonchev–Trinajstić information content (AvgIpc) is 3.06. The molecule has 1 aliphatic carbocycles. The van der Waals surface area contributed by atoms with E-state index in [0.717, 1.165) is 5.41 Å². The van der Waals surface area contributed by atoms with Crippen molar-refractivity contribution >= 4 is 11.2 Å². The summed E-state index contributed by atoms with van der Waals surface area (Å²) in [6.45, 7) is 6.88. The Bertz CT molecular complexity index is 627. The van der Waals surface area contributed by atoms with Gasteiger partial charge >= 0.3 is 0 Å². The fraction of sp³-hybridized carbons (Fsp3) is 0.588. The van der Waals surface area contributed by atoms with Gasteiger partial charge in [0.15, 0.2) is 0 Å². The minimum atomic E-state index is 0.531. The highest BCUT2D eigenvalue weighted by atomic mass is 15.2. The molecule has 2 aromatic heterocycles. The summed E-state index contributed by atoms with van der Waals surface area (Å²) in [5.41, 5.74) is 4.66. The summed E-state index contributed by atoms with van der Waals surface area (Å²) < 4.78 is 2.05. The van der Waals surface area contributed by atoms with E-state index in [1.54, 1.807) is 0 Å². The van der Waals surface area contributed by atoms with Crippen molar-refractivity contribution in [3.05, 3.63) is 30.1 Å². The van der Waals surface area contributed by atoms with Crippen LogP contribution in [0.5, 0.6) is 0 Å². The Kier molecular flexibility index (Phi) is 2.60. The molecule has 1 saturated heterocycles. The van der Waals surface area contributed by atoms with Crippen LogP contribution in [-0.2, 0) is 0 Å². The Hall–Kier alpha value is -1.51. The van der Waals surface area contributed by atoms with E-state index in [2.05, 4.69) is 42.2 Å². The van der Waals surface area contributed by atoms with E-state index in [9.17, 15) is 0 Å². The number of fused-ring (bicyclic) bond motifs is 1. The Morgan fingerprint density at radius 2 is 1.85 bits per heavy atom. The van der Waals surface area contributed by atoms with Gasteiger partial charge in [-0.05, 0) is 49.1 Å². The van der Waals surface area contributed by atoms with Gasteiger partial charge in [-0.15, -0.1) is 0 Å². The van der Waals surface area contributed by atoms with Gasteiger partial charge in [0.2, 0.25) is 0 Å². The normalized spacial score (nSPS) is 21.1. The van der Waals surface area contributed by atoms with Crippen molar-refractivity contribution in [3.63, 3.8) is 0 Å². The molecule has 1 saturated carbocycles. The predicted octanol–water partition coefficient (Wildman–Crippen LogP) is 3.84. The molecule has 3 nitrogen and oxygen atoms in total. The third kappa shape index (κ3) is 1.91. The molecule has 2 aliphatic rings. The van der Waals surface area contributed by atoms with Gasteiger partial charge in [-0.25, -0.2) is 4.52 Å². The third-order valence-electron chi connectivity index (χ3n) is 5.30. The summed E-state index contributed by atoms with van der Waals surface area (Å²) in [5, 5.41) is 4.53. The molecule has 0 aromatic carbocycles. The number of nitrogens with zero attached hydrogens (tertiary/aromatic N) is 3. The molecule has 3 heterocycles. The summed E-state index contributed by atoms with van der Waals surface area (Å²) in [5.74, 6) is 0.531. The Morgan fingerprint density at radius 3 is 2.50 bits per heavy atom. The maximum absolute atomic E-state index is 4.53.